The predicted molar refractivity (Wildman–Crippen MR) is 109 cm³/mol. The van der Waals surface area contributed by atoms with Gasteiger partial charge in [-0.3, -0.25) is 9.78 Å². The molecule has 3 aromatic rings. The molecule has 0 radical (unpaired) electrons. The van der Waals surface area contributed by atoms with Gasteiger partial charge in [0.15, 0.2) is 0 Å². The Labute approximate surface area is 164 Å². The molecule has 7 heteroatoms. The maximum atomic E-state index is 12.4. The van der Waals surface area contributed by atoms with E-state index in [1.165, 1.54) is 11.8 Å². The SMILES string of the molecule is CCOc1ccc(NC(=O)c2cnc(N(C)CCc3ccncc3)cn2)cc1. The van der Waals surface area contributed by atoms with Gasteiger partial charge in [-0.2, -0.15) is 0 Å². The number of nitrogens with one attached hydrogen (secondary N) is 1. The fourth-order valence-electron chi connectivity index (χ4n) is 2.59. The van der Waals surface area contributed by atoms with Crippen LogP contribution in [-0.2, 0) is 6.42 Å². The average molecular weight is 377 g/mol. The lowest BCUT2D eigenvalue weighted by molar-refractivity contribution is 0.102. The summed E-state index contributed by atoms with van der Waals surface area (Å²) in [7, 11) is 1.95. The molecule has 3 rings (SSSR count). The Morgan fingerprint density at radius 2 is 1.82 bits per heavy atom. The average Bonchev–Trinajstić information content (AvgIpc) is 2.74. The van der Waals surface area contributed by atoms with Crippen LogP contribution in [0.4, 0.5) is 11.5 Å². The van der Waals surface area contributed by atoms with Crippen LogP contribution in [0.2, 0.25) is 0 Å². The Morgan fingerprint density at radius 3 is 2.46 bits per heavy atom. The monoisotopic (exact) mass is 377 g/mol. The van der Waals surface area contributed by atoms with E-state index in [1.54, 1.807) is 30.7 Å². The first-order valence-corrected chi connectivity index (χ1v) is 9.12. The summed E-state index contributed by atoms with van der Waals surface area (Å²) in [6.45, 7) is 3.32. The van der Waals surface area contributed by atoms with E-state index in [0.29, 0.717) is 18.1 Å². The third-order valence-electron chi connectivity index (χ3n) is 4.17. The van der Waals surface area contributed by atoms with Crippen LogP contribution in [0.3, 0.4) is 0 Å². The predicted octanol–water partition coefficient (Wildman–Crippen LogP) is 3.20. The Hall–Kier alpha value is -3.48. The van der Waals surface area contributed by atoms with Gasteiger partial charge in [-0.15, -0.1) is 0 Å². The summed E-state index contributed by atoms with van der Waals surface area (Å²) in [6, 6.07) is 11.2. The van der Waals surface area contributed by atoms with Gasteiger partial charge >= 0.3 is 0 Å². The van der Waals surface area contributed by atoms with Gasteiger partial charge in [0.25, 0.3) is 5.91 Å². The van der Waals surface area contributed by atoms with Crippen molar-refractivity contribution in [3.8, 4) is 5.75 Å². The highest BCUT2D eigenvalue weighted by atomic mass is 16.5. The van der Waals surface area contributed by atoms with E-state index in [9.17, 15) is 4.79 Å². The Kier molecular flexibility index (Phi) is 6.51. The van der Waals surface area contributed by atoms with E-state index in [1.807, 2.05) is 43.1 Å². The molecule has 0 saturated heterocycles. The fraction of sp³-hybridized carbons (Fsp3) is 0.238. The van der Waals surface area contributed by atoms with Crippen LogP contribution < -0.4 is 15.0 Å². The van der Waals surface area contributed by atoms with Gasteiger partial charge in [0, 0.05) is 31.7 Å². The molecule has 0 unspecified atom stereocenters. The number of benzene rings is 1. The van der Waals surface area contributed by atoms with Crippen molar-refractivity contribution in [2.45, 2.75) is 13.3 Å². The molecule has 0 bridgehead atoms. The molecule has 7 nitrogen and oxygen atoms in total. The summed E-state index contributed by atoms with van der Waals surface area (Å²) in [6.07, 6.45) is 7.54. The number of likely N-dealkylation sites (N-methyl/N-ethyl adjacent to an activating group) is 1. The highest BCUT2D eigenvalue weighted by Crippen LogP contribution is 2.16. The number of hydrogen-bond acceptors (Lipinski definition) is 6. The van der Waals surface area contributed by atoms with Crippen molar-refractivity contribution in [3.05, 3.63) is 72.4 Å². The van der Waals surface area contributed by atoms with E-state index in [4.69, 9.17) is 4.74 Å². The molecular weight excluding hydrogens is 354 g/mol. The number of nitrogens with zero attached hydrogens (tertiary/aromatic N) is 4. The van der Waals surface area contributed by atoms with Crippen LogP contribution in [0.15, 0.2) is 61.2 Å². The van der Waals surface area contributed by atoms with Crippen molar-refractivity contribution < 1.29 is 9.53 Å². The number of pyridine rings is 1. The summed E-state index contributed by atoms with van der Waals surface area (Å²) < 4.78 is 5.39. The molecule has 2 heterocycles. The van der Waals surface area contributed by atoms with Crippen LogP contribution in [0.5, 0.6) is 5.75 Å². The second-order valence-electron chi connectivity index (χ2n) is 6.20. The molecule has 2 aromatic heterocycles. The van der Waals surface area contributed by atoms with Gasteiger partial charge in [-0.05, 0) is 55.3 Å². The maximum absolute atomic E-state index is 12.4. The molecular formula is C21H23N5O2. The highest BCUT2D eigenvalue weighted by molar-refractivity contribution is 6.02. The lowest BCUT2D eigenvalue weighted by Gasteiger charge is -2.17. The largest absolute Gasteiger partial charge is 0.494 e. The number of amides is 1. The minimum Gasteiger partial charge on any atom is -0.494 e. The third kappa shape index (κ3) is 5.26. The zero-order valence-corrected chi connectivity index (χ0v) is 16.0. The zero-order valence-electron chi connectivity index (χ0n) is 16.0. The van der Waals surface area contributed by atoms with Crippen LogP contribution in [-0.4, -0.2) is 41.1 Å². The van der Waals surface area contributed by atoms with Gasteiger partial charge in [0.1, 0.15) is 17.3 Å². The quantitative estimate of drug-likeness (QED) is 0.649. The third-order valence-corrected chi connectivity index (χ3v) is 4.17. The molecule has 1 aromatic carbocycles. The molecule has 0 aliphatic heterocycles. The molecule has 0 aliphatic carbocycles. The summed E-state index contributed by atoms with van der Waals surface area (Å²) in [5.41, 5.74) is 2.15. The number of ether oxygens (including phenoxy) is 1. The summed E-state index contributed by atoms with van der Waals surface area (Å²) >= 11 is 0. The highest BCUT2D eigenvalue weighted by Gasteiger charge is 2.10. The van der Waals surface area contributed by atoms with Crippen LogP contribution in [0, 0.1) is 0 Å². The molecule has 0 atom stereocenters. The lowest BCUT2D eigenvalue weighted by atomic mass is 10.2. The van der Waals surface area contributed by atoms with Crippen molar-refractivity contribution >= 4 is 17.4 Å². The molecule has 0 fully saturated rings. The lowest BCUT2D eigenvalue weighted by Crippen LogP contribution is -2.22. The Balaban J connectivity index is 1.56. The molecule has 0 aliphatic rings. The molecule has 144 valence electrons. The van der Waals surface area contributed by atoms with Crippen molar-refractivity contribution in [2.24, 2.45) is 0 Å². The fourth-order valence-corrected chi connectivity index (χ4v) is 2.59. The van der Waals surface area contributed by atoms with E-state index in [2.05, 4.69) is 20.3 Å². The first-order valence-electron chi connectivity index (χ1n) is 9.12. The normalized spacial score (nSPS) is 10.4. The molecule has 0 spiro atoms. The topological polar surface area (TPSA) is 80.2 Å². The summed E-state index contributed by atoms with van der Waals surface area (Å²) in [5, 5.41) is 2.81. The van der Waals surface area contributed by atoms with Gasteiger partial charge in [0.05, 0.1) is 19.0 Å². The van der Waals surface area contributed by atoms with Crippen LogP contribution in [0.1, 0.15) is 23.0 Å². The van der Waals surface area contributed by atoms with Gasteiger partial charge in [-0.1, -0.05) is 0 Å². The Morgan fingerprint density at radius 1 is 1.07 bits per heavy atom. The number of carbonyl (C=O) groups is 1. The maximum Gasteiger partial charge on any atom is 0.275 e. The van der Waals surface area contributed by atoms with E-state index in [-0.39, 0.29) is 11.6 Å². The van der Waals surface area contributed by atoms with Gasteiger partial charge < -0.3 is 15.0 Å². The first-order chi connectivity index (χ1) is 13.7. The molecule has 1 N–H and O–H groups in total. The smallest absolute Gasteiger partial charge is 0.275 e. The zero-order chi connectivity index (χ0) is 19.8. The van der Waals surface area contributed by atoms with E-state index in [0.717, 1.165) is 18.7 Å². The van der Waals surface area contributed by atoms with Crippen molar-refractivity contribution in [1.82, 2.24) is 15.0 Å². The number of aromatic nitrogens is 3. The Bertz CT molecular complexity index is 883. The van der Waals surface area contributed by atoms with Crippen LogP contribution in [0.25, 0.3) is 0 Å². The molecule has 28 heavy (non-hydrogen) atoms. The first kappa shape index (κ1) is 19.3. The standard InChI is InChI=1S/C21H23N5O2/c1-3-28-18-6-4-17(5-7-18)25-21(27)19-14-24-20(15-23-19)26(2)13-10-16-8-11-22-12-9-16/h4-9,11-12,14-15H,3,10,13H2,1-2H3,(H,25,27). The number of hydrogen-bond donors (Lipinski definition) is 1. The van der Waals surface area contributed by atoms with Crippen molar-refractivity contribution in [3.63, 3.8) is 0 Å². The number of rotatable bonds is 8. The summed E-state index contributed by atoms with van der Waals surface area (Å²) in [4.78, 5) is 27.0. The number of carbonyl (C=O) groups excluding carboxylic acids is 1. The number of anilines is 2. The van der Waals surface area contributed by atoms with Crippen molar-refractivity contribution in [1.29, 1.82) is 0 Å². The minimum absolute atomic E-state index is 0.264. The molecule has 0 saturated carbocycles. The second-order valence-corrected chi connectivity index (χ2v) is 6.20. The van der Waals surface area contributed by atoms with Gasteiger partial charge in [-0.25, -0.2) is 9.97 Å². The molecule has 1 amide bonds. The van der Waals surface area contributed by atoms with E-state index < -0.39 is 0 Å². The van der Waals surface area contributed by atoms with Crippen LogP contribution >= 0.6 is 0 Å². The van der Waals surface area contributed by atoms with Crippen molar-refractivity contribution in [2.75, 3.05) is 30.4 Å². The second kappa shape index (κ2) is 9.45. The summed E-state index contributed by atoms with van der Waals surface area (Å²) in [5.74, 6) is 1.17. The van der Waals surface area contributed by atoms with E-state index >= 15 is 0 Å². The minimum atomic E-state index is -0.303. The van der Waals surface area contributed by atoms with Gasteiger partial charge in [0.2, 0.25) is 0 Å².